The van der Waals surface area contributed by atoms with Crippen molar-refractivity contribution >= 4 is 0 Å². The fourth-order valence-electron chi connectivity index (χ4n) is 3.21. The van der Waals surface area contributed by atoms with Crippen LogP contribution in [0.3, 0.4) is 0 Å². The molecular weight excluding hydrogens is 260 g/mol. The summed E-state index contributed by atoms with van der Waals surface area (Å²) in [5, 5.41) is 14.3. The van der Waals surface area contributed by atoms with Crippen LogP contribution in [-0.2, 0) is 6.54 Å². The number of rotatable bonds is 4. The van der Waals surface area contributed by atoms with Crippen LogP contribution in [0.15, 0.2) is 30.6 Å². The summed E-state index contributed by atoms with van der Waals surface area (Å²) < 4.78 is 2.04. The average Bonchev–Trinajstić information content (AvgIpc) is 2.98. The highest BCUT2D eigenvalue weighted by Gasteiger charge is 2.13. The van der Waals surface area contributed by atoms with Crippen LogP contribution in [0.1, 0.15) is 44.1 Å². The molecule has 1 aromatic carbocycles. The van der Waals surface area contributed by atoms with Crippen LogP contribution in [0.4, 0.5) is 0 Å². The second-order valence-corrected chi connectivity index (χ2v) is 6.29. The molecule has 0 aliphatic heterocycles. The van der Waals surface area contributed by atoms with E-state index in [1.54, 1.807) is 0 Å². The number of benzene rings is 1. The van der Waals surface area contributed by atoms with E-state index in [0.29, 0.717) is 5.75 Å². The largest absolute Gasteiger partial charge is 0.508 e. The van der Waals surface area contributed by atoms with Crippen molar-refractivity contribution < 1.29 is 5.11 Å². The molecule has 112 valence electrons. The number of hydrogen-bond donors (Lipinski definition) is 1. The molecular formula is C18H24N2O. The van der Waals surface area contributed by atoms with E-state index < -0.39 is 0 Å². The van der Waals surface area contributed by atoms with Crippen molar-refractivity contribution in [3.8, 4) is 16.9 Å². The first-order valence-electron chi connectivity index (χ1n) is 8.05. The summed E-state index contributed by atoms with van der Waals surface area (Å²) in [6.07, 6.45) is 12.2. The normalized spacial score (nSPS) is 16.2. The highest BCUT2D eigenvalue weighted by atomic mass is 16.3. The number of aryl methyl sites for hydroxylation is 2. The molecule has 1 aliphatic carbocycles. The summed E-state index contributed by atoms with van der Waals surface area (Å²) in [7, 11) is 0. The molecule has 2 aromatic rings. The van der Waals surface area contributed by atoms with Crippen molar-refractivity contribution in [3.63, 3.8) is 0 Å². The Morgan fingerprint density at radius 3 is 2.76 bits per heavy atom. The van der Waals surface area contributed by atoms with Crippen LogP contribution >= 0.6 is 0 Å². The lowest BCUT2D eigenvalue weighted by Gasteiger charge is -2.21. The highest BCUT2D eigenvalue weighted by molar-refractivity contribution is 5.64. The van der Waals surface area contributed by atoms with Crippen molar-refractivity contribution in [1.29, 1.82) is 0 Å². The van der Waals surface area contributed by atoms with Crippen molar-refractivity contribution in [3.05, 3.63) is 36.2 Å². The maximum absolute atomic E-state index is 9.81. The van der Waals surface area contributed by atoms with Gasteiger partial charge in [-0.2, -0.15) is 5.10 Å². The van der Waals surface area contributed by atoms with Gasteiger partial charge in [-0.05, 0) is 36.5 Å². The molecule has 0 unspecified atom stereocenters. The molecule has 1 aliphatic rings. The summed E-state index contributed by atoms with van der Waals surface area (Å²) >= 11 is 0. The number of hydrogen-bond acceptors (Lipinski definition) is 2. The number of phenols is 1. The van der Waals surface area contributed by atoms with E-state index in [4.69, 9.17) is 0 Å². The van der Waals surface area contributed by atoms with Crippen molar-refractivity contribution in [1.82, 2.24) is 9.78 Å². The monoisotopic (exact) mass is 284 g/mol. The molecule has 0 radical (unpaired) electrons. The van der Waals surface area contributed by atoms with E-state index in [0.717, 1.165) is 29.2 Å². The minimum Gasteiger partial charge on any atom is -0.508 e. The average molecular weight is 284 g/mol. The first-order chi connectivity index (χ1) is 10.2. The Bertz CT molecular complexity index is 597. The summed E-state index contributed by atoms with van der Waals surface area (Å²) in [5.41, 5.74) is 3.01. The van der Waals surface area contributed by atoms with Gasteiger partial charge in [0.25, 0.3) is 0 Å². The maximum Gasteiger partial charge on any atom is 0.119 e. The Labute approximate surface area is 126 Å². The van der Waals surface area contributed by atoms with Gasteiger partial charge in [0.1, 0.15) is 5.75 Å². The van der Waals surface area contributed by atoms with E-state index in [2.05, 4.69) is 11.3 Å². The molecule has 1 heterocycles. The maximum atomic E-state index is 9.81. The predicted molar refractivity (Wildman–Crippen MR) is 85.3 cm³/mol. The summed E-state index contributed by atoms with van der Waals surface area (Å²) in [5.74, 6) is 1.23. The zero-order valence-electron chi connectivity index (χ0n) is 12.8. The fourth-order valence-corrected chi connectivity index (χ4v) is 3.21. The van der Waals surface area contributed by atoms with Crippen molar-refractivity contribution in [2.24, 2.45) is 5.92 Å². The summed E-state index contributed by atoms with van der Waals surface area (Å²) in [6, 6.07) is 5.80. The van der Waals surface area contributed by atoms with Gasteiger partial charge in [0.2, 0.25) is 0 Å². The molecule has 1 aromatic heterocycles. The Morgan fingerprint density at radius 1 is 1.19 bits per heavy atom. The van der Waals surface area contributed by atoms with Gasteiger partial charge in [-0.1, -0.05) is 44.2 Å². The van der Waals surface area contributed by atoms with Gasteiger partial charge in [-0.15, -0.1) is 0 Å². The van der Waals surface area contributed by atoms with E-state index in [1.807, 2.05) is 36.0 Å². The molecule has 0 saturated heterocycles. The van der Waals surface area contributed by atoms with Gasteiger partial charge in [-0.3, -0.25) is 4.68 Å². The quantitative estimate of drug-likeness (QED) is 0.895. The van der Waals surface area contributed by atoms with Crippen LogP contribution in [0.25, 0.3) is 11.1 Å². The highest BCUT2D eigenvalue weighted by Crippen LogP contribution is 2.28. The molecule has 3 rings (SSSR count). The van der Waals surface area contributed by atoms with E-state index in [1.165, 1.54) is 38.5 Å². The topological polar surface area (TPSA) is 38.0 Å². The molecule has 0 bridgehead atoms. The van der Waals surface area contributed by atoms with Gasteiger partial charge in [0.15, 0.2) is 0 Å². The van der Waals surface area contributed by atoms with Crippen molar-refractivity contribution in [2.75, 3.05) is 0 Å². The lowest BCUT2D eigenvalue weighted by Crippen LogP contribution is -2.10. The molecule has 3 heteroatoms. The van der Waals surface area contributed by atoms with Crippen LogP contribution < -0.4 is 0 Å². The molecule has 0 amide bonds. The lowest BCUT2D eigenvalue weighted by molar-refractivity contribution is 0.319. The van der Waals surface area contributed by atoms with Crippen LogP contribution in [0, 0.1) is 12.8 Å². The molecule has 1 N–H and O–H groups in total. The molecule has 0 atom stereocenters. The van der Waals surface area contributed by atoms with Crippen molar-refractivity contribution in [2.45, 2.75) is 52.0 Å². The molecule has 3 nitrogen and oxygen atoms in total. The Kier molecular flexibility index (Phi) is 4.28. The zero-order chi connectivity index (χ0) is 14.7. The van der Waals surface area contributed by atoms with E-state index >= 15 is 0 Å². The standard InChI is InChI=1S/C18H24N2O/c1-14-7-8-16(11-18(14)21)17-12-19-20(13-17)10-9-15-5-3-2-4-6-15/h7-8,11-13,15,21H,2-6,9-10H2,1H3. The van der Waals surface area contributed by atoms with Gasteiger partial charge in [0.05, 0.1) is 6.20 Å². The first kappa shape index (κ1) is 14.2. The number of aromatic nitrogens is 2. The number of phenolic OH excluding ortho intramolecular Hbond substituents is 1. The van der Waals surface area contributed by atoms with Gasteiger partial charge in [0, 0.05) is 18.3 Å². The third kappa shape index (κ3) is 3.46. The smallest absolute Gasteiger partial charge is 0.119 e. The minimum atomic E-state index is 0.349. The Morgan fingerprint density at radius 2 is 2.00 bits per heavy atom. The van der Waals surface area contributed by atoms with E-state index in [9.17, 15) is 5.11 Å². The molecule has 21 heavy (non-hydrogen) atoms. The van der Waals surface area contributed by atoms with Gasteiger partial charge >= 0.3 is 0 Å². The molecule has 1 fully saturated rings. The number of nitrogens with zero attached hydrogens (tertiary/aromatic N) is 2. The predicted octanol–water partition coefficient (Wildman–Crippen LogP) is 4.53. The van der Waals surface area contributed by atoms with E-state index in [-0.39, 0.29) is 0 Å². The van der Waals surface area contributed by atoms with Crippen LogP contribution in [0.2, 0.25) is 0 Å². The summed E-state index contributed by atoms with van der Waals surface area (Å²) in [4.78, 5) is 0. The zero-order valence-corrected chi connectivity index (χ0v) is 12.8. The minimum absolute atomic E-state index is 0.349. The third-order valence-corrected chi connectivity index (χ3v) is 4.67. The fraction of sp³-hybridized carbons (Fsp3) is 0.500. The molecule has 0 spiro atoms. The number of aromatic hydroxyl groups is 1. The lowest BCUT2D eigenvalue weighted by atomic mass is 9.87. The molecule has 1 saturated carbocycles. The van der Waals surface area contributed by atoms with Gasteiger partial charge < -0.3 is 5.11 Å². The first-order valence-corrected chi connectivity index (χ1v) is 8.05. The Balaban J connectivity index is 1.63. The van der Waals surface area contributed by atoms with Crippen LogP contribution in [0.5, 0.6) is 5.75 Å². The summed E-state index contributed by atoms with van der Waals surface area (Å²) in [6.45, 7) is 2.91. The second-order valence-electron chi connectivity index (χ2n) is 6.29. The SMILES string of the molecule is Cc1ccc(-c2cnn(CCC3CCCCC3)c2)cc1O. The Hall–Kier alpha value is -1.77. The van der Waals surface area contributed by atoms with Crippen LogP contribution in [-0.4, -0.2) is 14.9 Å². The van der Waals surface area contributed by atoms with Gasteiger partial charge in [-0.25, -0.2) is 0 Å². The third-order valence-electron chi connectivity index (χ3n) is 4.67. The second kappa shape index (κ2) is 6.33.